The van der Waals surface area contributed by atoms with Crippen molar-refractivity contribution in [1.82, 2.24) is 0 Å². The Morgan fingerprint density at radius 1 is 1.19 bits per heavy atom. The van der Waals surface area contributed by atoms with E-state index in [2.05, 4.69) is 33.5 Å². The SMILES string of the molecule is CC(C)[C@H](CC(=O)C[C@H](C)O)O[Si](C)(C)C. The van der Waals surface area contributed by atoms with Gasteiger partial charge < -0.3 is 9.53 Å². The molecule has 0 aliphatic rings. The number of aliphatic hydroxyl groups excluding tert-OH is 1. The lowest BCUT2D eigenvalue weighted by Crippen LogP contribution is -2.36. The highest BCUT2D eigenvalue weighted by Crippen LogP contribution is 2.18. The molecule has 0 saturated carbocycles. The van der Waals surface area contributed by atoms with Gasteiger partial charge in [-0.25, -0.2) is 0 Å². The molecule has 0 amide bonds. The number of ketones is 1. The lowest BCUT2D eigenvalue weighted by Gasteiger charge is -2.29. The first kappa shape index (κ1) is 15.8. The summed E-state index contributed by atoms with van der Waals surface area (Å²) in [5.74, 6) is 0.427. The van der Waals surface area contributed by atoms with Crippen LogP contribution in [-0.4, -0.2) is 31.4 Å². The van der Waals surface area contributed by atoms with Crippen LogP contribution in [0.25, 0.3) is 0 Å². The Labute approximate surface area is 100 Å². The highest BCUT2D eigenvalue weighted by atomic mass is 28.4. The fraction of sp³-hybridized carbons (Fsp3) is 0.917. The van der Waals surface area contributed by atoms with Gasteiger partial charge in [-0.3, -0.25) is 4.79 Å². The summed E-state index contributed by atoms with van der Waals surface area (Å²) >= 11 is 0. The van der Waals surface area contributed by atoms with Crippen LogP contribution in [0, 0.1) is 5.92 Å². The molecular weight excluding hydrogens is 220 g/mol. The maximum atomic E-state index is 11.6. The van der Waals surface area contributed by atoms with E-state index < -0.39 is 14.4 Å². The number of hydrogen-bond acceptors (Lipinski definition) is 3. The third-order valence-corrected chi connectivity index (χ3v) is 3.21. The largest absolute Gasteiger partial charge is 0.414 e. The molecule has 0 saturated heterocycles. The Bertz CT molecular complexity index is 219. The number of carbonyl (C=O) groups excluding carboxylic acids is 1. The summed E-state index contributed by atoms with van der Waals surface area (Å²) in [6.07, 6.45) is 0.107. The molecule has 0 radical (unpaired) electrons. The van der Waals surface area contributed by atoms with Crippen LogP contribution in [0.4, 0.5) is 0 Å². The molecule has 0 aromatic heterocycles. The first-order valence-corrected chi connectivity index (χ1v) is 9.40. The first-order chi connectivity index (χ1) is 7.11. The Kier molecular flexibility index (Phi) is 6.44. The molecule has 0 spiro atoms. The van der Waals surface area contributed by atoms with Crippen molar-refractivity contribution in [1.29, 1.82) is 0 Å². The average Bonchev–Trinajstić information content (AvgIpc) is 1.97. The Balaban J connectivity index is 4.29. The average molecular weight is 246 g/mol. The van der Waals surface area contributed by atoms with Gasteiger partial charge in [0.15, 0.2) is 8.32 Å². The summed E-state index contributed by atoms with van der Waals surface area (Å²) in [5, 5.41) is 9.15. The molecule has 0 heterocycles. The Morgan fingerprint density at radius 2 is 1.69 bits per heavy atom. The third kappa shape index (κ3) is 8.02. The van der Waals surface area contributed by atoms with Crippen LogP contribution >= 0.6 is 0 Å². The molecule has 0 aliphatic heterocycles. The first-order valence-electron chi connectivity index (χ1n) is 5.99. The van der Waals surface area contributed by atoms with E-state index in [0.717, 1.165) is 0 Å². The Morgan fingerprint density at radius 3 is 2.00 bits per heavy atom. The highest BCUT2D eigenvalue weighted by molar-refractivity contribution is 6.69. The number of rotatable bonds is 7. The van der Waals surface area contributed by atoms with E-state index in [-0.39, 0.29) is 18.3 Å². The summed E-state index contributed by atoms with van der Waals surface area (Å²) < 4.78 is 5.99. The maximum Gasteiger partial charge on any atom is 0.184 e. The number of carbonyl (C=O) groups is 1. The molecule has 0 bridgehead atoms. The molecule has 3 nitrogen and oxygen atoms in total. The molecule has 0 aromatic carbocycles. The second-order valence-corrected chi connectivity index (χ2v) is 10.3. The van der Waals surface area contributed by atoms with Gasteiger partial charge in [-0.2, -0.15) is 0 Å². The topological polar surface area (TPSA) is 46.5 Å². The molecule has 0 aromatic rings. The number of hydrogen-bond donors (Lipinski definition) is 1. The molecule has 0 fully saturated rings. The van der Waals surface area contributed by atoms with Gasteiger partial charge in [0.1, 0.15) is 5.78 Å². The van der Waals surface area contributed by atoms with Gasteiger partial charge in [-0.1, -0.05) is 13.8 Å². The van der Waals surface area contributed by atoms with Crippen LogP contribution in [0.2, 0.25) is 19.6 Å². The van der Waals surface area contributed by atoms with E-state index in [1.165, 1.54) is 0 Å². The number of aliphatic hydroxyl groups is 1. The van der Waals surface area contributed by atoms with Crippen LogP contribution in [0.3, 0.4) is 0 Å². The van der Waals surface area contributed by atoms with Gasteiger partial charge in [0.25, 0.3) is 0 Å². The second kappa shape index (κ2) is 6.52. The summed E-state index contributed by atoms with van der Waals surface area (Å²) in [5.41, 5.74) is 0. The van der Waals surface area contributed by atoms with E-state index in [1.54, 1.807) is 6.92 Å². The summed E-state index contributed by atoms with van der Waals surface area (Å²) in [6.45, 7) is 12.2. The molecule has 96 valence electrons. The third-order valence-electron chi connectivity index (χ3n) is 2.20. The quantitative estimate of drug-likeness (QED) is 0.702. The lowest BCUT2D eigenvalue weighted by molar-refractivity contribution is -0.122. The zero-order valence-electron chi connectivity index (χ0n) is 11.4. The molecule has 0 unspecified atom stereocenters. The van der Waals surface area contributed by atoms with E-state index in [9.17, 15) is 4.79 Å². The minimum absolute atomic E-state index is 0.00193. The van der Waals surface area contributed by atoms with E-state index >= 15 is 0 Å². The molecule has 4 heteroatoms. The van der Waals surface area contributed by atoms with Crippen molar-refractivity contribution in [2.24, 2.45) is 5.92 Å². The summed E-state index contributed by atoms with van der Waals surface area (Å²) in [6, 6.07) is 0. The highest BCUT2D eigenvalue weighted by Gasteiger charge is 2.25. The molecule has 16 heavy (non-hydrogen) atoms. The normalized spacial score (nSPS) is 16.2. The van der Waals surface area contributed by atoms with Gasteiger partial charge in [-0.05, 0) is 32.5 Å². The summed E-state index contributed by atoms with van der Waals surface area (Å²) in [7, 11) is -1.60. The van der Waals surface area contributed by atoms with Crippen LogP contribution in [0.15, 0.2) is 0 Å². The van der Waals surface area contributed by atoms with Crippen molar-refractivity contribution in [3.8, 4) is 0 Å². The van der Waals surface area contributed by atoms with Crippen molar-refractivity contribution >= 4 is 14.1 Å². The van der Waals surface area contributed by atoms with Crippen molar-refractivity contribution in [3.05, 3.63) is 0 Å². The molecule has 0 rings (SSSR count). The minimum atomic E-state index is -1.60. The van der Waals surface area contributed by atoms with Gasteiger partial charge >= 0.3 is 0 Å². The molecule has 0 aliphatic carbocycles. The molecular formula is C12H26O3Si. The van der Waals surface area contributed by atoms with Crippen LogP contribution in [0.5, 0.6) is 0 Å². The van der Waals surface area contributed by atoms with Crippen molar-refractivity contribution < 1.29 is 14.3 Å². The zero-order chi connectivity index (χ0) is 12.9. The van der Waals surface area contributed by atoms with Crippen LogP contribution in [-0.2, 0) is 9.22 Å². The van der Waals surface area contributed by atoms with Crippen LogP contribution in [0.1, 0.15) is 33.6 Å². The smallest absolute Gasteiger partial charge is 0.184 e. The van der Waals surface area contributed by atoms with Crippen molar-refractivity contribution in [2.75, 3.05) is 0 Å². The van der Waals surface area contributed by atoms with Gasteiger partial charge in [-0.15, -0.1) is 0 Å². The molecule has 1 N–H and O–H groups in total. The fourth-order valence-electron chi connectivity index (χ4n) is 1.50. The van der Waals surface area contributed by atoms with E-state index in [1.807, 2.05) is 0 Å². The zero-order valence-corrected chi connectivity index (χ0v) is 12.4. The van der Waals surface area contributed by atoms with E-state index in [4.69, 9.17) is 9.53 Å². The predicted octanol–water partition coefficient (Wildman–Crippen LogP) is 2.59. The van der Waals surface area contributed by atoms with Crippen molar-refractivity contribution in [3.63, 3.8) is 0 Å². The van der Waals surface area contributed by atoms with Gasteiger partial charge in [0.05, 0.1) is 12.2 Å². The fourth-order valence-corrected chi connectivity index (χ4v) is 2.77. The summed E-state index contributed by atoms with van der Waals surface area (Å²) in [4.78, 5) is 11.6. The minimum Gasteiger partial charge on any atom is -0.414 e. The molecule has 2 atom stereocenters. The maximum absolute atomic E-state index is 11.6. The van der Waals surface area contributed by atoms with Crippen molar-refractivity contribution in [2.45, 2.75) is 65.5 Å². The van der Waals surface area contributed by atoms with E-state index in [0.29, 0.717) is 12.3 Å². The number of Topliss-reactive ketones (excluding diaryl/α,β-unsaturated/α-hetero) is 1. The second-order valence-electron chi connectivity index (χ2n) is 5.81. The Hall–Kier alpha value is -0.193. The standard InChI is InChI=1S/C12H26O3Si/c1-9(2)12(15-16(4,5)6)8-11(14)7-10(3)13/h9-10,12-13H,7-8H2,1-6H3/t10-,12-/m0/s1. The van der Waals surface area contributed by atoms with Gasteiger partial charge in [0.2, 0.25) is 0 Å². The van der Waals surface area contributed by atoms with Crippen LogP contribution < -0.4 is 0 Å². The monoisotopic (exact) mass is 246 g/mol. The lowest BCUT2D eigenvalue weighted by atomic mass is 10.00. The van der Waals surface area contributed by atoms with Gasteiger partial charge in [0, 0.05) is 12.8 Å². The predicted molar refractivity (Wildman–Crippen MR) is 69.0 cm³/mol.